The van der Waals surface area contributed by atoms with Crippen molar-refractivity contribution in [2.24, 2.45) is 0 Å². The van der Waals surface area contributed by atoms with Gasteiger partial charge in [-0.25, -0.2) is 4.79 Å². The van der Waals surface area contributed by atoms with Crippen LogP contribution in [0.2, 0.25) is 5.02 Å². The van der Waals surface area contributed by atoms with E-state index in [1.54, 1.807) is 18.2 Å². The van der Waals surface area contributed by atoms with E-state index >= 15 is 0 Å². The maximum Gasteiger partial charge on any atom is 0.339 e. The quantitative estimate of drug-likeness (QED) is 0.853. The lowest BCUT2D eigenvalue weighted by molar-refractivity contribution is 0.0601. The van der Waals surface area contributed by atoms with Gasteiger partial charge in [-0.05, 0) is 30.3 Å². The van der Waals surface area contributed by atoms with E-state index in [0.717, 1.165) is 11.4 Å². The minimum absolute atomic E-state index is 0.359. The molecular weight excluding hydrogens is 250 g/mol. The van der Waals surface area contributed by atoms with Crippen LogP contribution in [0.1, 0.15) is 10.4 Å². The highest BCUT2D eigenvalue weighted by Crippen LogP contribution is 2.24. The normalized spacial score (nSPS) is 9.89. The summed E-state index contributed by atoms with van der Waals surface area (Å²) in [5, 5.41) is 3.56. The highest BCUT2D eigenvalue weighted by atomic mass is 35.5. The number of hydrogen-bond donors (Lipinski definition) is 1. The van der Waals surface area contributed by atoms with Gasteiger partial charge in [0.05, 0.1) is 17.7 Å². The van der Waals surface area contributed by atoms with Gasteiger partial charge in [-0.15, -0.1) is 0 Å². The van der Waals surface area contributed by atoms with Crippen molar-refractivity contribution in [3.63, 3.8) is 0 Å². The SMILES string of the molecule is COC(=O)c1ccc(Nc2ccccc2)cc1Cl. The summed E-state index contributed by atoms with van der Waals surface area (Å²) in [4.78, 5) is 11.4. The summed E-state index contributed by atoms with van der Waals surface area (Å²) in [5.41, 5.74) is 2.14. The summed E-state index contributed by atoms with van der Waals surface area (Å²) >= 11 is 6.03. The third-order valence-corrected chi connectivity index (χ3v) is 2.75. The molecule has 18 heavy (non-hydrogen) atoms. The maximum absolute atomic E-state index is 11.4. The largest absolute Gasteiger partial charge is 0.465 e. The molecule has 0 aliphatic rings. The number of halogens is 1. The highest BCUT2D eigenvalue weighted by Gasteiger charge is 2.10. The molecule has 2 rings (SSSR count). The molecule has 0 saturated heterocycles. The number of esters is 1. The van der Waals surface area contributed by atoms with Crippen LogP contribution in [-0.4, -0.2) is 13.1 Å². The Bertz CT molecular complexity index is 555. The number of rotatable bonds is 3. The van der Waals surface area contributed by atoms with Gasteiger partial charge >= 0.3 is 5.97 Å². The molecule has 0 bridgehead atoms. The minimum atomic E-state index is -0.439. The Morgan fingerprint density at radius 3 is 2.44 bits per heavy atom. The van der Waals surface area contributed by atoms with Crippen LogP contribution in [0.4, 0.5) is 11.4 Å². The average Bonchev–Trinajstić information content (AvgIpc) is 2.39. The van der Waals surface area contributed by atoms with Gasteiger partial charge in [0, 0.05) is 11.4 Å². The van der Waals surface area contributed by atoms with Gasteiger partial charge in [-0.3, -0.25) is 0 Å². The van der Waals surface area contributed by atoms with Gasteiger partial charge in [0.1, 0.15) is 0 Å². The third kappa shape index (κ3) is 2.81. The Labute approximate surface area is 110 Å². The molecule has 0 heterocycles. The summed E-state index contributed by atoms with van der Waals surface area (Å²) < 4.78 is 4.63. The molecule has 2 aromatic rings. The molecule has 0 unspecified atom stereocenters. The topological polar surface area (TPSA) is 38.3 Å². The first-order valence-electron chi connectivity index (χ1n) is 5.40. The van der Waals surface area contributed by atoms with Gasteiger partial charge < -0.3 is 10.1 Å². The van der Waals surface area contributed by atoms with E-state index in [0.29, 0.717) is 10.6 Å². The van der Waals surface area contributed by atoms with E-state index in [-0.39, 0.29) is 0 Å². The Morgan fingerprint density at radius 2 is 1.83 bits per heavy atom. The standard InChI is InChI=1S/C14H12ClNO2/c1-18-14(17)12-8-7-11(9-13(12)15)16-10-5-3-2-4-6-10/h2-9,16H,1H3. The molecule has 4 heteroatoms. The zero-order valence-electron chi connectivity index (χ0n) is 9.81. The Hall–Kier alpha value is -2.00. The summed E-state index contributed by atoms with van der Waals surface area (Å²) in [6.45, 7) is 0. The van der Waals surface area contributed by atoms with Gasteiger partial charge in [-0.1, -0.05) is 29.8 Å². The van der Waals surface area contributed by atoms with E-state index in [1.165, 1.54) is 7.11 Å². The number of nitrogens with one attached hydrogen (secondary N) is 1. The second-order valence-electron chi connectivity index (χ2n) is 3.68. The van der Waals surface area contributed by atoms with Crippen molar-refractivity contribution >= 4 is 28.9 Å². The second kappa shape index (κ2) is 5.56. The van der Waals surface area contributed by atoms with E-state index in [4.69, 9.17) is 11.6 Å². The number of carbonyl (C=O) groups excluding carboxylic acids is 1. The zero-order valence-corrected chi connectivity index (χ0v) is 10.6. The molecule has 0 fully saturated rings. The molecule has 0 spiro atoms. The summed E-state index contributed by atoms with van der Waals surface area (Å²) in [6.07, 6.45) is 0. The van der Waals surface area contributed by atoms with Crippen LogP contribution in [0, 0.1) is 0 Å². The molecule has 0 amide bonds. The van der Waals surface area contributed by atoms with Gasteiger partial charge in [0.25, 0.3) is 0 Å². The summed E-state index contributed by atoms with van der Waals surface area (Å²) in [5.74, 6) is -0.439. The van der Waals surface area contributed by atoms with Gasteiger partial charge in [-0.2, -0.15) is 0 Å². The lowest BCUT2D eigenvalue weighted by atomic mass is 10.2. The number of anilines is 2. The van der Waals surface area contributed by atoms with Crippen LogP contribution >= 0.6 is 11.6 Å². The van der Waals surface area contributed by atoms with Crippen molar-refractivity contribution in [3.8, 4) is 0 Å². The molecule has 0 aliphatic carbocycles. The maximum atomic E-state index is 11.4. The van der Waals surface area contributed by atoms with Crippen LogP contribution in [0.5, 0.6) is 0 Å². The molecule has 0 saturated carbocycles. The number of methoxy groups -OCH3 is 1. The first-order chi connectivity index (χ1) is 8.70. The number of benzene rings is 2. The Kier molecular flexibility index (Phi) is 3.85. The first-order valence-corrected chi connectivity index (χ1v) is 5.78. The van der Waals surface area contributed by atoms with E-state index in [1.807, 2.05) is 30.3 Å². The summed E-state index contributed by atoms with van der Waals surface area (Å²) in [6, 6.07) is 14.8. The molecule has 0 aliphatic heterocycles. The molecule has 1 N–H and O–H groups in total. The molecule has 2 aromatic carbocycles. The van der Waals surface area contributed by atoms with Crippen molar-refractivity contribution < 1.29 is 9.53 Å². The molecule has 0 atom stereocenters. The monoisotopic (exact) mass is 261 g/mol. The minimum Gasteiger partial charge on any atom is -0.465 e. The highest BCUT2D eigenvalue weighted by molar-refractivity contribution is 6.33. The van der Waals surface area contributed by atoms with E-state index in [9.17, 15) is 4.79 Å². The predicted molar refractivity (Wildman–Crippen MR) is 72.5 cm³/mol. The lowest BCUT2D eigenvalue weighted by Crippen LogP contribution is -2.02. The van der Waals surface area contributed by atoms with Crippen molar-refractivity contribution in [3.05, 3.63) is 59.1 Å². The second-order valence-corrected chi connectivity index (χ2v) is 4.08. The van der Waals surface area contributed by atoms with Crippen molar-refractivity contribution in [1.29, 1.82) is 0 Å². The Morgan fingerprint density at radius 1 is 1.11 bits per heavy atom. The van der Waals surface area contributed by atoms with Crippen LogP contribution in [0.15, 0.2) is 48.5 Å². The zero-order chi connectivity index (χ0) is 13.0. The smallest absolute Gasteiger partial charge is 0.339 e. The fourth-order valence-corrected chi connectivity index (χ4v) is 1.81. The summed E-state index contributed by atoms with van der Waals surface area (Å²) in [7, 11) is 1.33. The number of hydrogen-bond acceptors (Lipinski definition) is 3. The van der Waals surface area contributed by atoms with Crippen LogP contribution in [0.3, 0.4) is 0 Å². The van der Waals surface area contributed by atoms with Crippen molar-refractivity contribution in [1.82, 2.24) is 0 Å². The van der Waals surface area contributed by atoms with Crippen molar-refractivity contribution in [2.45, 2.75) is 0 Å². The van der Waals surface area contributed by atoms with Crippen LogP contribution in [0.25, 0.3) is 0 Å². The number of carbonyl (C=O) groups is 1. The number of para-hydroxylation sites is 1. The van der Waals surface area contributed by atoms with Crippen molar-refractivity contribution in [2.75, 3.05) is 12.4 Å². The van der Waals surface area contributed by atoms with E-state index < -0.39 is 5.97 Å². The van der Waals surface area contributed by atoms with Crippen LogP contribution in [-0.2, 0) is 4.74 Å². The Balaban J connectivity index is 2.22. The van der Waals surface area contributed by atoms with Crippen LogP contribution < -0.4 is 5.32 Å². The molecule has 0 radical (unpaired) electrons. The molecular formula is C14H12ClNO2. The fourth-order valence-electron chi connectivity index (χ4n) is 1.56. The average molecular weight is 262 g/mol. The van der Waals surface area contributed by atoms with Gasteiger partial charge in [0.2, 0.25) is 0 Å². The number of ether oxygens (including phenoxy) is 1. The first kappa shape index (κ1) is 12.5. The predicted octanol–water partition coefficient (Wildman–Crippen LogP) is 3.87. The molecule has 0 aromatic heterocycles. The molecule has 92 valence electrons. The third-order valence-electron chi connectivity index (χ3n) is 2.44. The van der Waals surface area contributed by atoms with Gasteiger partial charge in [0.15, 0.2) is 0 Å². The fraction of sp³-hybridized carbons (Fsp3) is 0.0714. The lowest BCUT2D eigenvalue weighted by Gasteiger charge is -2.08. The van der Waals surface area contributed by atoms with E-state index in [2.05, 4.69) is 10.1 Å². The molecule has 3 nitrogen and oxygen atoms in total.